The number of hydrogen-bond acceptors (Lipinski definition) is 4. The number of aryl methyl sites for hydroxylation is 1. The summed E-state index contributed by atoms with van der Waals surface area (Å²) in [5.41, 5.74) is 3.37. The summed E-state index contributed by atoms with van der Waals surface area (Å²) in [7, 11) is -1.48. The molecule has 0 aliphatic carbocycles. The first-order chi connectivity index (χ1) is 10.8. The molecule has 2 aromatic carbocycles. The molecule has 0 saturated carbocycles. The van der Waals surface area contributed by atoms with Crippen LogP contribution in [0.5, 0.6) is 5.75 Å². The number of rotatable bonds is 6. The van der Waals surface area contributed by atoms with Crippen LogP contribution >= 0.6 is 0 Å². The summed E-state index contributed by atoms with van der Waals surface area (Å²) in [6, 6.07) is 13.3. The Hall–Kier alpha value is -1.85. The van der Waals surface area contributed by atoms with E-state index in [2.05, 4.69) is 18.3 Å². The van der Waals surface area contributed by atoms with E-state index in [1.165, 1.54) is 6.26 Å². The summed E-state index contributed by atoms with van der Waals surface area (Å²) in [5, 5.41) is 3.45. The van der Waals surface area contributed by atoms with Gasteiger partial charge in [-0.3, -0.25) is 0 Å². The molecule has 0 aromatic heterocycles. The van der Waals surface area contributed by atoms with E-state index in [-0.39, 0.29) is 6.04 Å². The zero-order valence-corrected chi connectivity index (χ0v) is 14.8. The minimum atomic E-state index is -3.15. The molecule has 0 saturated heterocycles. The van der Waals surface area contributed by atoms with Crippen molar-refractivity contribution in [2.75, 3.05) is 13.4 Å². The average Bonchev–Trinajstić information content (AvgIpc) is 2.51. The van der Waals surface area contributed by atoms with Crippen LogP contribution in [-0.2, 0) is 16.4 Å². The molecule has 0 amide bonds. The van der Waals surface area contributed by atoms with Crippen LogP contribution in [0.3, 0.4) is 0 Å². The maximum atomic E-state index is 11.5. The molecule has 0 fully saturated rings. The highest BCUT2D eigenvalue weighted by Crippen LogP contribution is 2.19. The number of ether oxygens (including phenoxy) is 1. The Labute approximate surface area is 138 Å². The third-order valence-electron chi connectivity index (χ3n) is 3.77. The number of benzene rings is 2. The number of nitrogens with one attached hydrogen (secondary N) is 1. The van der Waals surface area contributed by atoms with E-state index >= 15 is 0 Å². The number of sulfone groups is 1. The molecule has 0 aliphatic heterocycles. The van der Waals surface area contributed by atoms with Crippen molar-refractivity contribution in [3.8, 4) is 5.75 Å². The molecule has 0 aliphatic rings. The van der Waals surface area contributed by atoms with Crippen molar-refractivity contribution in [1.82, 2.24) is 5.32 Å². The van der Waals surface area contributed by atoms with E-state index in [0.29, 0.717) is 11.4 Å². The maximum Gasteiger partial charge on any atom is 0.175 e. The van der Waals surface area contributed by atoms with E-state index in [1.807, 2.05) is 31.2 Å². The largest absolute Gasteiger partial charge is 0.497 e. The lowest BCUT2D eigenvalue weighted by molar-refractivity contribution is 0.413. The maximum absolute atomic E-state index is 11.5. The average molecular weight is 333 g/mol. The Morgan fingerprint density at radius 3 is 2.35 bits per heavy atom. The Kier molecular flexibility index (Phi) is 5.44. The van der Waals surface area contributed by atoms with Gasteiger partial charge in [0.2, 0.25) is 0 Å². The molecule has 4 nitrogen and oxygen atoms in total. The van der Waals surface area contributed by atoms with E-state index < -0.39 is 9.84 Å². The third-order valence-corrected chi connectivity index (χ3v) is 4.90. The number of methoxy groups -OCH3 is 1. The summed E-state index contributed by atoms with van der Waals surface area (Å²) >= 11 is 0. The van der Waals surface area contributed by atoms with Crippen molar-refractivity contribution >= 4 is 9.84 Å². The predicted octanol–water partition coefficient (Wildman–Crippen LogP) is 3.26. The summed E-state index contributed by atoms with van der Waals surface area (Å²) in [6.45, 7) is 4.81. The van der Waals surface area contributed by atoms with Crippen LogP contribution in [0.15, 0.2) is 47.4 Å². The minimum Gasteiger partial charge on any atom is -0.497 e. The second kappa shape index (κ2) is 7.15. The molecule has 1 N–H and O–H groups in total. The highest BCUT2D eigenvalue weighted by molar-refractivity contribution is 7.90. The topological polar surface area (TPSA) is 55.4 Å². The van der Waals surface area contributed by atoms with Crippen molar-refractivity contribution < 1.29 is 13.2 Å². The first-order valence-corrected chi connectivity index (χ1v) is 9.36. The molecule has 0 unspecified atom stereocenters. The van der Waals surface area contributed by atoms with Crippen LogP contribution in [-0.4, -0.2) is 21.8 Å². The quantitative estimate of drug-likeness (QED) is 0.881. The number of hydrogen-bond donors (Lipinski definition) is 1. The van der Waals surface area contributed by atoms with Gasteiger partial charge in [0.15, 0.2) is 9.84 Å². The molecule has 0 spiro atoms. The monoisotopic (exact) mass is 333 g/mol. The standard InChI is InChI=1S/C18H23NO3S/c1-13-9-15(11-17(10-13)22-3)12-19-14(2)16-5-7-18(8-6-16)23(4,20)21/h5-11,14,19H,12H2,1-4H3/t14-/m0/s1. The van der Waals surface area contributed by atoms with Gasteiger partial charge in [0.25, 0.3) is 0 Å². The predicted molar refractivity (Wildman–Crippen MR) is 92.5 cm³/mol. The minimum absolute atomic E-state index is 0.120. The molecule has 1 atom stereocenters. The smallest absolute Gasteiger partial charge is 0.175 e. The van der Waals surface area contributed by atoms with Crippen molar-refractivity contribution in [2.24, 2.45) is 0 Å². The molecular weight excluding hydrogens is 310 g/mol. The SMILES string of the molecule is COc1cc(C)cc(CN[C@@H](C)c2ccc(S(C)(=O)=O)cc2)c1. The second-order valence-electron chi connectivity index (χ2n) is 5.80. The molecule has 0 bridgehead atoms. The fourth-order valence-corrected chi connectivity index (χ4v) is 3.07. The summed E-state index contributed by atoms with van der Waals surface area (Å²) < 4.78 is 28.3. The first kappa shape index (κ1) is 17.5. The lowest BCUT2D eigenvalue weighted by atomic mass is 10.1. The summed E-state index contributed by atoms with van der Waals surface area (Å²) in [4.78, 5) is 0.344. The van der Waals surface area contributed by atoms with E-state index in [9.17, 15) is 8.42 Å². The van der Waals surface area contributed by atoms with Crippen LogP contribution in [0.2, 0.25) is 0 Å². The van der Waals surface area contributed by atoms with Gasteiger partial charge in [0, 0.05) is 18.8 Å². The normalized spacial score (nSPS) is 12.9. The zero-order valence-electron chi connectivity index (χ0n) is 14.0. The lowest BCUT2D eigenvalue weighted by Gasteiger charge is -2.15. The van der Waals surface area contributed by atoms with Gasteiger partial charge in [-0.15, -0.1) is 0 Å². The van der Waals surface area contributed by atoms with Crippen molar-refractivity contribution in [1.29, 1.82) is 0 Å². The highest BCUT2D eigenvalue weighted by atomic mass is 32.2. The molecule has 0 heterocycles. The van der Waals surface area contributed by atoms with Gasteiger partial charge in [0.1, 0.15) is 5.75 Å². The summed E-state index contributed by atoms with van der Waals surface area (Å²) in [6.07, 6.45) is 1.22. The Morgan fingerprint density at radius 2 is 1.78 bits per heavy atom. The van der Waals surface area contributed by atoms with Crippen LogP contribution in [0.25, 0.3) is 0 Å². The van der Waals surface area contributed by atoms with Crippen molar-refractivity contribution in [3.05, 3.63) is 59.2 Å². The van der Waals surface area contributed by atoms with Gasteiger partial charge in [-0.1, -0.05) is 18.2 Å². The molecule has 0 radical (unpaired) electrons. The van der Waals surface area contributed by atoms with Gasteiger partial charge in [-0.25, -0.2) is 8.42 Å². The molecule has 23 heavy (non-hydrogen) atoms. The third kappa shape index (κ3) is 4.81. The van der Waals surface area contributed by atoms with E-state index in [0.717, 1.165) is 22.4 Å². The van der Waals surface area contributed by atoms with Gasteiger partial charge >= 0.3 is 0 Å². The first-order valence-electron chi connectivity index (χ1n) is 7.47. The fraction of sp³-hybridized carbons (Fsp3) is 0.333. The van der Waals surface area contributed by atoms with Crippen LogP contribution in [0.4, 0.5) is 0 Å². The van der Waals surface area contributed by atoms with Crippen LogP contribution < -0.4 is 10.1 Å². The molecule has 2 rings (SSSR count). The Morgan fingerprint density at radius 1 is 1.13 bits per heavy atom. The van der Waals surface area contributed by atoms with E-state index in [4.69, 9.17) is 4.74 Å². The molecule has 124 valence electrons. The Bertz CT molecular complexity index is 767. The van der Waals surface area contributed by atoms with Crippen molar-refractivity contribution in [3.63, 3.8) is 0 Å². The Balaban J connectivity index is 2.05. The molecule has 2 aromatic rings. The molecular formula is C18H23NO3S. The fourth-order valence-electron chi connectivity index (χ4n) is 2.44. The molecule has 5 heteroatoms. The lowest BCUT2D eigenvalue weighted by Crippen LogP contribution is -2.18. The van der Waals surface area contributed by atoms with Gasteiger partial charge < -0.3 is 10.1 Å². The highest BCUT2D eigenvalue weighted by Gasteiger charge is 2.09. The second-order valence-corrected chi connectivity index (χ2v) is 7.82. The van der Waals surface area contributed by atoms with Gasteiger partial charge in [-0.05, 0) is 54.8 Å². The zero-order chi connectivity index (χ0) is 17.0. The van der Waals surface area contributed by atoms with E-state index in [1.54, 1.807) is 19.2 Å². The van der Waals surface area contributed by atoms with Gasteiger partial charge in [-0.2, -0.15) is 0 Å². The van der Waals surface area contributed by atoms with Crippen LogP contribution in [0.1, 0.15) is 29.7 Å². The van der Waals surface area contributed by atoms with Crippen molar-refractivity contribution in [2.45, 2.75) is 31.3 Å². The van der Waals surface area contributed by atoms with Crippen LogP contribution in [0, 0.1) is 6.92 Å². The van der Waals surface area contributed by atoms with Gasteiger partial charge in [0.05, 0.1) is 12.0 Å². The summed E-state index contributed by atoms with van der Waals surface area (Å²) in [5.74, 6) is 0.854.